The van der Waals surface area contributed by atoms with Crippen LogP contribution in [0.3, 0.4) is 0 Å². The van der Waals surface area contributed by atoms with Crippen LogP contribution in [0.25, 0.3) is 0 Å². The van der Waals surface area contributed by atoms with Crippen LogP contribution in [-0.2, 0) is 6.42 Å². The predicted octanol–water partition coefficient (Wildman–Crippen LogP) is 1.66. The van der Waals surface area contributed by atoms with E-state index in [2.05, 4.69) is 17.1 Å². The van der Waals surface area contributed by atoms with Gasteiger partial charge in [0.2, 0.25) is 0 Å². The molecule has 16 heavy (non-hydrogen) atoms. The van der Waals surface area contributed by atoms with Crippen molar-refractivity contribution in [1.82, 2.24) is 10.2 Å². The average molecular weight is 222 g/mol. The fraction of sp³-hybridized carbons (Fsp3) is 0.538. The zero-order chi connectivity index (χ0) is 11.4. The molecule has 0 amide bonds. The lowest BCUT2D eigenvalue weighted by Gasteiger charge is -2.33. The topological polar surface area (TPSA) is 15.3 Å². The van der Waals surface area contributed by atoms with Crippen molar-refractivity contribution in [2.75, 3.05) is 26.2 Å². The standard InChI is InChI=1S/C13H19FN2/c1-11-10-15-7-9-16(11)8-6-12-4-2-3-5-13(12)14/h2-5,11,15H,6-10H2,1H3. The van der Waals surface area contributed by atoms with E-state index in [0.29, 0.717) is 6.04 Å². The molecule has 1 aliphatic rings. The average Bonchev–Trinajstić information content (AvgIpc) is 2.30. The van der Waals surface area contributed by atoms with Crippen LogP contribution < -0.4 is 5.32 Å². The van der Waals surface area contributed by atoms with Gasteiger partial charge in [0.25, 0.3) is 0 Å². The number of hydrogen-bond donors (Lipinski definition) is 1. The molecular weight excluding hydrogens is 203 g/mol. The Morgan fingerprint density at radius 2 is 2.25 bits per heavy atom. The fourth-order valence-electron chi connectivity index (χ4n) is 2.18. The van der Waals surface area contributed by atoms with Gasteiger partial charge in [-0.15, -0.1) is 0 Å². The molecule has 1 fully saturated rings. The summed E-state index contributed by atoms with van der Waals surface area (Å²) in [7, 11) is 0. The molecule has 1 aromatic rings. The Morgan fingerprint density at radius 3 is 3.00 bits per heavy atom. The molecule has 2 rings (SSSR count). The molecule has 1 heterocycles. The van der Waals surface area contributed by atoms with Crippen molar-refractivity contribution in [3.63, 3.8) is 0 Å². The number of piperazine rings is 1. The van der Waals surface area contributed by atoms with E-state index in [1.54, 1.807) is 6.07 Å². The Morgan fingerprint density at radius 1 is 1.44 bits per heavy atom. The highest BCUT2D eigenvalue weighted by atomic mass is 19.1. The number of hydrogen-bond acceptors (Lipinski definition) is 2. The molecule has 0 spiro atoms. The predicted molar refractivity (Wildman–Crippen MR) is 64.0 cm³/mol. The first-order chi connectivity index (χ1) is 7.77. The minimum absolute atomic E-state index is 0.0784. The van der Waals surface area contributed by atoms with Gasteiger partial charge in [-0.25, -0.2) is 4.39 Å². The molecule has 1 aromatic carbocycles. The molecular formula is C13H19FN2. The molecule has 0 saturated carbocycles. The molecule has 1 atom stereocenters. The molecule has 2 nitrogen and oxygen atoms in total. The van der Waals surface area contributed by atoms with Crippen molar-refractivity contribution in [3.8, 4) is 0 Å². The summed E-state index contributed by atoms with van der Waals surface area (Å²) in [5, 5.41) is 3.36. The zero-order valence-corrected chi connectivity index (χ0v) is 9.75. The van der Waals surface area contributed by atoms with Gasteiger partial charge in [0, 0.05) is 32.2 Å². The third-order valence-corrected chi connectivity index (χ3v) is 3.27. The third kappa shape index (κ3) is 2.80. The summed E-state index contributed by atoms with van der Waals surface area (Å²) in [6.45, 7) is 6.31. The van der Waals surface area contributed by atoms with Crippen molar-refractivity contribution in [1.29, 1.82) is 0 Å². The monoisotopic (exact) mass is 222 g/mol. The summed E-state index contributed by atoms with van der Waals surface area (Å²) in [5.74, 6) is -0.0784. The molecule has 0 bridgehead atoms. The van der Waals surface area contributed by atoms with Crippen molar-refractivity contribution in [2.24, 2.45) is 0 Å². The smallest absolute Gasteiger partial charge is 0.126 e. The Labute approximate surface area is 96.5 Å². The van der Waals surface area contributed by atoms with E-state index < -0.39 is 0 Å². The second-order valence-corrected chi connectivity index (χ2v) is 4.43. The molecule has 0 radical (unpaired) electrons. The van der Waals surface area contributed by atoms with E-state index in [1.165, 1.54) is 6.07 Å². The summed E-state index contributed by atoms with van der Waals surface area (Å²) in [6, 6.07) is 7.62. The van der Waals surface area contributed by atoms with Crippen LogP contribution in [0, 0.1) is 5.82 Å². The maximum absolute atomic E-state index is 13.4. The third-order valence-electron chi connectivity index (χ3n) is 3.27. The maximum atomic E-state index is 13.4. The maximum Gasteiger partial charge on any atom is 0.126 e. The van der Waals surface area contributed by atoms with Crippen LogP contribution in [0.1, 0.15) is 12.5 Å². The molecule has 3 heteroatoms. The summed E-state index contributed by atoms with van der Waals surface area (Å²) in [4.78, 5) is 2.42. The molecule has 88 valence electrons. The number of halogens is 1. The molecule has 1 aliphatic heterocycles. The molecule has 1 saturated heterocycles. The molecule has 1 unspecified atom stereocenters. The second kappa shape index (κ2) is 5.41. The van der Waals surface area contributed by atoms with Crippen molar-refractivity contribution in [3.05, 3.63) is 35.6 Å². The Hall–Kier alpha value is -0.930. The van der Waals surface area contributed by atoms with E-state index in [0.717, 1.165) is 38.2 Å². The number of benzene rings is 1. The molecule has 1 N–H and O–H groups in total. The van der Waals surface area contributed by atoms with Crippen molar-refractivity contribution in [2.45, 2.75) is 19.4 Å². The minimum Gasteiger partial charge on any atom is -0.314 e. The summed E-state index contributed by atoms with van der Waals surface area (Å²) in [6.07, 6.45) is 0.803. The van der Waals surface area contributed by atoms with Gasteiger partial charge in [0.1, 0.15) is 5.82 Å². The first-order valence-electron chi connectivity index (χ1n) is 5.95. The first kappa shape index (κ1) is 11.6. The van der Waals surface area contributed by atoms with E-state index in [1.807, 2.05) is 12.1 Å². The Bertz CT molecular complexity index is 340. The molecule has 0 aromatic heterocycles. The van der Waals surface area contributed by atoms with Crippen LogP contribution in [0.5, 0.6) is 0 Å². The van der Waals surface area contributed by atoms with Crippen molar-refractivity contribution < 1.29 is 4.39 Å². The van der Waals surface area contributed by atoms with Crippen LogP contribution in [0.4, 0.5) is 4.39 Å². The van der Waals surface area contributed by atoms with Crippen LogP contribution in [0.2, 0.25) is 0 Å². The Kier molecular flexibility index (Phi) is 3.91. The van der Waals surface area contributed by atoms with E-state index in [4.69, 9.17) is 0 Å². The summed E-state index contributed by atoms with van der Waals surface area (Å²) in [5.41, 5.74) is 0.827. The van der Waals surface area contributed by atoms with Gasteiger partial charge in [-0.2, -0.15) is 0 Å². The fourth-order valence-corrected chi connectivity index (χ4v) is 2.18. The zero-order valence-electron chi connectivity index (χ0n) is 9.75. The Balaban J connectivity index is 1.89. The SMILES string of the molecule is CC1CNCCN1CCc1ccccc1F. The van der Waals surface area contributed by atoms with Gasteiger partial charge >= 0.3 is 0 Å². The lowest BCUT2D eigenvalue weighted by Crippen LogP contribution is -2.50. The van der Waals surface area contributed by atoms with E-state index in [-0.39, 0.29) is 5.82 Å². The van der Waals surface area contributed by atoms with Gasteiger partial charge in [-0.1, -0.05) is 18.2 Å². The second-order valence-electron chi connectivity index (χ2n) is 4.43. The van der Waals surface area contributed by atoms with Gasteiger partial charge in [-0.3, -0.25) is 4.90 Å². The summed E-state index contributed by atoms with van der Waals surface area (Å²) >= 11 is 0. The number of nitrogens with zero attached hydrogens (tertiary/aromatic N) is 1. The lowest BCUT2D eigenvalue weighted by molar-refractivity contribution is 0.175. The lowest BCUT2D eigenvalue weighted by atomic mass is 10.1. The highest BCUT2D eigenvalue weighted by Crippen LogP contribution is 2.09. The number of rotatable bonds is 3. The molecule has 0 aliphatic carbocycles. The quantitative estimate of drug-likeness (QED) is 0.836. The van der Waals surface area contributed by atoms with E-state index >= 15 is 0 Å². The largest absolute Gasteiger partial charge is 0.314 e. The van der Waals surface area contributed by atoms with Crippen LogP contribution in [0.15, 0.2) is 24.3 Å². The number of nitrogens with one attached hydrogen (secondary N) is 1. The first-order valence-corrected chi connectivity index (χ1v) is 5.95. The highest BCUT2D eigenvalue weighted by molar-refractivity contribution is 5.17. The summed E-state index contributed by atoms with van der Waals surface area (Å²) < 4.78 is 13.4. The van der Waals surface area contributed by atoms with Gasteiger partial charge in [0.05, 0.1) is 0 Å². The van der Waals surface area contributed by atoms with Crippen molar-refractivity contribution >= 4 is 0 Å². The van der Waals surface area contributed by atoms with Crippen LogP contribution >= 0.6 is 0 Å². The van der Waals surface area contributed by atoms with Gasteiger partial charge in [0.15, 0.2) is 0 Å². The van der Waals surface area contributed by atoms with E-state index in [9.17, 15) is 4.39 Å². The van der Waals surface area contributed by atoms with Crippen LogP contribution in [-0.4, -0.2) is 37.1 Å². The van der Waals surface area contributed by atoms with Gasteiger partial charge < -0.3 is 5.32 Å². The minimum atomic E-state index is -0.0784. The highest BCUT2D eigenvalue weighted by Gasteiger charge is 2.17. The normalized spacial score (nSPS) is 22.2. The van der Waals surface area contributed by atoms with Gasteiger partial charge in [-0.05, 0) is 25.0 Å².